The van der Waals surface area contributed by atoms with Crippen LogP contribution in [0.3, 0.4) is 0 Å². The van der Waals surface area contributed by atoms with Gasteiger partial charge in [-0.3, -0.25) is 0 Å². The second kappa shape index (κ2) is 4.19. The van der Waals surface area contributed by atoms with E-state index in [-0.39, 0.29) is 11.9 Å². The predicted octanol–water partition coefficient (Wildman–Crippen LogP) is 2.75. The third-order valence-electron chi connectivity index (χ3n) is 2.17. The molecule has 70 valence electrons. The molecule has 1 rings (SSSR count). The molecule has 1 N–H and O–H groups in total. The average Bonchev–Trinajstić information content (AvgIpc) is 2.16. The summed E-state index contributed by atoms with van der Waals surface area (Å²) in [5.74, 6) is -0.220. The Hall–Kier alpha value is -1.15. The lowest BCUT2D eigenvalue weighted by Crippen LogP contribution is -2.13. The van der Waals surface area contributed by atoms with Gasteiger partial charge in [0.2, 0.25) is 0 Å². The lowest BCUT2D eigenvalue weighted by Gasteiger charge is -2.13. The Kier molecular flexibility index (Phi) is 3.20. The second-order valence-electron chi connectivity index (χ2n) is 2.99. The summed E-state index contributed by atoms with van der Waals surface area (Å²) >= 11 is 0. The summed E-state index contributed by atoms with van der Waals surface area (Å²) in [6.07, 6.45) is 1.67. The Morgan fingerprint density at radius 2 is 2.23 bits per heavy atom. The van der Waals surface area contributed by atoms with Gasteiger partial charge >= 0.3 is 0 Å². The number of rotatable bonds is 3. The molecule has 1 aromatic carbocycles. The van der Waals surface area contributed by atoms with Crippen molar-refractivity contribution in [2.24, 2.45) is 0 Å². The highest BCUT2D eigenvalue weighted by Crippen LogP contribution is 2.19. The van der Waals surface area contributed by atoms with Crippen molar-refractivity contribution in [3.8, 4) is 0 Å². The van der Waals surface area contributed by atoms with Gasteiger partial charge in [-0.2, -0.15) is 0 Å². The maximum atomic E-state index is 12.8. The Morgan fingerprint density at radius 3 is 2.77 bits per heavy atom. The zero-order chi connectivity index (χ0) is 9.84. The van der Waals surface area contributed by atoms with Crippen molar-refractivity contribution in [3.63, 3.8) is 0 Å². The van der Waals surface area contributed by atoms with Crippen LogP contribution < -0.4 is 5.32 Å². The van der Waals surface area contributed by atoms with E-state index < -0.39 is 0 Å². The van der Waals surface area contributed by atoms with Crippen LogP contribution in [0.2, 0.25) is 0 Å². The minimum Gasteiger partial charge on any atom is -0.313 e. The average molecular weight is 179 g/mol. The summed E-state index contributed by atoms with van der Waals surface area (Å²) < 4.78 is 12.8. The molecule has 0 saturated carbocycles. The van der Waals surface area contributed by atoms with Gasteiger partial charge in [-0.15, -0.1) is 0 Å². The zero-order valence-corrected chi connectivity index (χ0v) is 7.97. The first-order valence-electron chi connectivity index (χ1n) is 4.28. The number of benzene rings is 1. The summed E-state index contributed by atoms with van der Waals surface area (Å²) in [7, 11) is 1.88. The molecule has 0 heterocycles. The molecule has 1 aromatic rings. The molecule has 0 aromatic heterocycles. The van der Waals surface area contributed by atoms with Crippen LogP contribution in [0.1, 0.15) is 24.1 Å². The number of hydrogen-bond donors (Lipinski definition) is 1. The SMILES string of the molecule is C=Cc1cc(F)ccc1C(C)NC. The topological polar surface area (TPSA) is 12.0 Å². The smallest absolute Gasteiger partial charge is 0.123 e. The zero-order valence-electron chi connectivity index (χ0n) is 7.97. The molecule has 13 heavy (non-hydrogen) atoms. The molecule has 1 unspecified atom stereocenters. The fourth-order valence-electron chi connectivity index (χ4n) is 1.27. The molecule has 0 fully saturated rings. The van der Waals surface area contributed by atoms with Gasteiger partial charge in [0.05, 0.1) is 0 Å². The quantitative estimate of drug-likeness (QED) is 0.752. The maximum absolute atomic E-state index is 12.8. The Bertz CT molecular complexity index is 307. The van der Waals surface area contributed by atoms with Gasteiger partial charge in [-0.1, -0.05) is 18.7 Å². The first-order chi connectivity index (χ1) is 6.19. The van der Waals surface area contributed by atoms with Gasteiger partial charge in [0.1, 0.15) is 5.82 Å². The fourth-order valence-corrected chi connectivity index (χ4v) is 1.27. The van der Waals surface area contributed by atoms with Crippen molar-refractivity contribution in [1.29, 1.82) is 0 Å². The van der Waals surface area contributed by atoms with E-state index in [4.69, 9.17) is 0 Å². The number of hydrogen-bond acceptors (Lipinski definition) is 1. The summed E-state index contributed by atoms with van der Waals surface area (Å²) in [4.78, 5) is 0. The van der Waals surface area contributed by atoms with Crippen molar-refractivity contribution < 1.29 is 4.39 Å². The predicted molar refractivity (Wildman–Crippen MR) is 54.0 cm³/mol. The van der Waals surface area contributed by atoms with Crippen LogP contribution in [-0.4, -0.2) is 7.05 Å². The van der Waals surface area contributed by atoms with Gasteiger partial charge in [0.25, 0.3) is 0 Å². The minimum atomic E-state index is -0.220. The van der Waals surface area contributed by atoms with E-state index in [0.717, 1.165) is 11.1 Å². The molecule has 0 saturated heterocycles. The molecule has 0 aliphatic heterocycles. The normalized spacial score (nSPS) is 12.5. The first kappa shape index (κ1) is 9.93. The van der Waals surface area contributed by atoms with Crippen LogP contribution in [0.25, 0.3) is 6.08 Å². The molecular formula is C11H14FN. The highest BCUT2D eigenvalue weighted by molar-refractivity contribution is 5.52. The molecule has 2 heteroatoms. The molecule has 0 bridgehead atoms. The summed E-state index contributed by atoms with van der Waals surface area (Å²) in [5.41, 5.74) is 1.92. The molecule has 0 radical (unpaired) electrons. The highest BCUT2D eigenvalue weighted by atomic mass is 19.1. The molecular weight excluding hydrogens is 165 g/mol. The van der Waals surface area contributed by atoms with Gasteiger partial charge in [-0.05, 0) is 37.2 Å². The largest absolute Gasteiger partial charge is 0.313 e. The standard InChI is InChI=1S/C11H14FN/c1-4-9-7-10(12)5-6-11(9)8(2)13-3/h4-8,13H,1H2,2-3H3. The van der Waals surface area contributed by atoms with Crippen LogP contribution in [-0.2, 0) is 0 Å². The van der Waals surface area contributed by atoms with E-state index >= 15 is 0 Å². The summed E-state index contributed by atoms with van der Waals surface area (Å²) in [6, 6.07) is 4.97. The lowest BCUT2D eigenvalue weighted by molar-refractivity contribution is 0.618. The van der Waals surface area contributed by atoms with Crippen LogP contribution in [0.5, 0.6) is 0 Å². The Balaban J connectivity index is 3.13. The maximum Gasteiger partial charge on any atom is 0.123 e. The van der Waals surface area contributed by atoms with Crippen LogP contribution in [0, 0.1) is 5.82 Å². The Morgan fingerprint density at radius 1 is 1.54 bits per heavy atom. The van der Waals surface area contributed by atoms with E-state index in [2.05, 4.69) is 11.9 Å². The highest BCUT2D eigenvalue weighted by Gasteiger charge is 2.06. The van der Waals surface area contributed by atoms with E-state index in [0.29, 0.717) is 0 Å². The monoisotopic (exact) mass is 179 g/mol. The van der Waals surface area contributed by atoms with E-state index in [1.165, 1.54) is 12.1 Å². The number of halogens is 1. The molecule has 0 aliphatic carbocycles. The molecule has 0 aliphatic rings. The van der Waals surface area contributed by atoms with Crippen molar-refractivity contribution in [2.75, 3.05) is 7.05 Å². The second-order valence-corrected chi connectivity index (χ2v) is 2.99. The van der Waals surface area contributed by atoms with Crippen LogP contribution in [0.4, 0.5) is 4.39 Å². The molecule has 1 atom stereocenters. The Labute approximate surface area is 78.3 Å². The van der Waals surface area contributed by atoms with Gasteiger partial charge in [0, 0.05) is 6.04 Å². The fraction of sp³-hybridized carbons (Fsp3) is 0.273. The lowest BCUT2D eigenvalue weighted by atomic mass is 10.0. The van der Waals surface area contributed by atoms with Crippen molar-refractivity contribution in [3.05, 3.63) is 41.7 Å². The molecule has 1 nitrogen and oxygen atoms in total. The van der Waals surface area contributed by atoms with Gasteiger partial charge in [0.15, 0.2) is 0 Å². The third kappa shape index (κ3) is 2.16. The van der Waals surface area contributed by atoms with Crippen molar-refractivity contribution >= 4 is 6.08 Å². The van der Waals surface area contributed by atoms with Gasteiger partial charge < -0.3 is 5.32 Å². The van der Waals surface area contributed by atoms with Crippen molar-refractivity contribution in [2.45, 2.75) is 13.0 Å². The molecule has 0 amide bonds. The van der Waals surface area contributed by atoms with Crippen molar-refractivity contribution in [1.82, 2.24) is 5.32 Å². The van der Waals surface area contributed by atoms with Crippen LogP contribution in [0.15, 0.2) is 24.8 Å². The number of nitrogens with one attached hydrogen (secondary N) is 1. The molecule has 0 spiro atoms. The van der Waals surface area contributed by atoms with E-state index in [1.807, 2.05) is 14.0 Å². The summed E-state index contributed by atoms with van der Waals surface area (Å²) in [6.45, 7) is 5.68. The van der Waals surface area contributed by atoms with Crippen LogP contribution >= 0.6 is 0 Å². The van der Waals surface area contributed by atoms with Gasteiger partial charge in [-0.25, -0.2) is 4.39 Å². The first-order valence-corrected chi connectivity index (χ1v) is 4.28. The summed E-state index contributed by atoms with van der Waals surface area (Å²) in [5, 5.41) is 3.11. The van der Waals surface area contributed by atoms with E-state index in [9.17, 15) is 4.39 Å². The van der Waals surface area contributed by atoms with E-state index in [1.54, 1.807) is 12.1 Å². The minimum absolute atomic E-state index is 0.216. The third-order valence-corrected chi connectivity index (χ3v) is 2.17.